The SMILES string of the molecule is CCOC(=O)OC1CCCCN1C(=O)Cc1c(C)cc(C(C)(C)C)cc1C. The highest BCUT2D eigenvalue weighted by molar-refractivity contribution is 5.80. The Morgan fingerprint density at radius 1 is 1.15 bits per heavy atom. The average molecular weight is 376 g/mol. The Balaban J connectivity index is 2.16. The minimum Gasteiger partial charge on any atom is -0.435 e. The van der Waals surface area contributed by atoms with E-state index in [1.165, 1.54) is 5.56 Å². The van der Waals surface area contributed by atoms with E-state index in [-0.39, 0.29) is 17.9 Å². The number of benzene rings is 1. The van der Waals surface area contributed by atoms with E-state index in [1.807, 2.05) is 0 Å². The van der Waals surface area contributed by atoms with Crippen molar-refractivity contribution < 1.29 is 19.1 Å². The summed E-state index contributed by atoms with van der Waals surface area (Å²) in [5.74, 6) is -0.00120. The molecule has 0 radical (unpaired) electrons. The fourth-order valence-corrected chi connectivity index (χ4v) is 3.53. The average Bonchev–Trinajstić information content (AvgIpc) is 2.57. The molecule has 1 aliphatic rings. The molecule has 1 unspecified atom stereocenters. The molecule has 0 aliphatic carbocycles. The Morgan fingerprint density at radius 2 is 1.78 bits per heavy atom. The number of carbonyl (C=O) groups excluding carboxylic acids is 2. The van der Waals surface area contributed by atoms with Gasteiger partial charge < -0.3 is 14.4 Å². The minimum atomic E-state index is -0.705. The molecule has 0 N–H and O–H groups in total. The first-order valence-corrected chi connectivity index (χ1v) is 9.87. The van der Waals surface area contributed by atoms with Gasteiger partial charge in [0.15, 0.2) is 6.23 Å². The lowest BCUT2D eigenvalue weighted by atomic mass is 9.83. The Bertz CT molecular complexity index is 667. The maximum Gasteiger partial charge on any atom is 0.510 e. The summed E-state index contributed by atoms with van der Waals surface area (Å²) in [6.07, 6.45) is 1.61. The number of piperidine rings is 1. The number of hydrogen-bond donors (Lipinski definition) is 0. The van der Waals surface area contributed by atoms with E-state index in [4.69, 9.17) is 9.47 Å². The highest BCUT2D eigenvalue weighted by Gasteiger charge is 2.30. The van der Waals surface area contributed by atoms with Gasteiger partial charge in [-0.2, -0.15) is 0 Å². The van der Waals surface area contributed by atoms with Gasteiger partial charge in [0, 0.05) is 13.0 Å². The Hall–Kier alpha value is -2.04. The largest absolute Gasteiger partial charge is 0.510 e. The number of rotatable bonds is 4. The summed E-state index contributed by atoms with van der Waals surface area (Å²) in [5, 5.41) is 0. The van der Waals surface area contributed by atoms with Gasteiger partial charge in [-0.25, -0.2) is 4.79 Å². The third kappa shape index (κ3) is 5.47. The van der Waals surface area contributed by atoms with Crippen molar-refractivity contribution in [2.45, 2.75) is 78.9 Å². The van der Waals surface area contributed by atoms with E-state index in [2.05, 4.69) is 46.8 Å². The fraction of sp³-hybridized carbons (Fsp3) is 0.636. The van der Waals surface area contributed by atoms with Crippen LogP contribution < -0.4 is 0 Å². The molecule has 1 atom stereocenters. The zero-order valence-electron chi connectivity index (χ0n) is 17.6. The van der Waals surface area contributed by atoms with Crippen LogP contribution in [0.1, 0.15) is 69.2 Å². The Morgan fingerprint density at radius 3 is 2.33 bits per heavy atom. The van der Waals surface area contributed by atoms with Crippen LogP contribution in [0.4, 0.5) is 4.79 Å². The van der Waals surface area contributed by atoms with E-state index in [9.17, 15) is 9.59 Å². The van der Waals surface area contributed by atoms with Crippen LogP contribution in [-0.4, -0.2) is 36.3 Å². The third-order valence-corrected chi connectivity index (χ3v) is 5.15. The van der Waals surface area contributed by atoms with Crippen molar-refractivity contribution in [1.29, 1.82) is 0 Å². The molecule has 0 saturated carbocycles. The van der Waals surface area contributed by atoms with Gasteiger partial charge in [0.1, 0.15) is 0 Å². The number of ether oxygens (including phenoxy) is 2. The third-order valence-electron chi connectivity index (χ3n) is 5.15. The topological polar surface area (TPSA) is 55.8 Å². The number of carbonyl (C=O) groups is 2. The molecule has 1 heterocycles. The standard InChI is InChI=1S/C22H33NO4/c1-7-26-21(25)27-20-10-8-9-11-23(20)19(24)14-18-15(2)12-17(13-16(18)3)22(4,5)6/h12-13,20H,7-11,14H2,1-6H3. The van der Waals surface area contributed by atoms with E-state index < -0.39 is 12.4 Å². The quantitative estimate of drug-likeness (QED) is 0.719. The molecule has 27 heavy (non-hydrogen) atoms. The predicted octanol–water partition coefficient (Wildman–Crippen LogP) is 4.66. The number of amides is 1. The molecule has 1 aromatic rings. The molecule has 0 bridgehead atoms. The molecule has 1 saturated heterocycles. The lowest BCUT2D eigenvalue weighted by Crippen LogP contribution is -2.46. The molecule has 1 amide bonds. The lowest BCUT2D eigenvalue weighted by molar-refractivity contribution is -0.145. The summed E-state index contributed by atoms with van der Waals surface area (Å²) in [6.45, 7) is 13.3. The monoisotopic (exact) mass is 375 g/mol. The van der Waals surface area contributed by atoms with Gasteiger partial charge in [-0.15, -0.1) is 0 Å². The van der Waals surface area contributed by atoms with Gasteiger partial charge in [-0.05, 0) is 61.3 Å². The summed E-state index contributed by atoms with van der Waals surface area (Å²) >= 11 is 0. The molecular formula is C22H33NO4. The van der Waals surface area contributed by atoms with Crippen LogP contribution >= 0.6 is 0 Å². The second kappa shape index (κ2) is 8.77. The summed E-state index contributed by atoms with van der Waals surface area (Å²) < 4.78 is 10.2. The molecule has 1 aliphatic heterocycles. The molecule has 1 aromatic carbocycles. The lowest BCUT2D eigenvalue weighted by Gasteiger charge is -2.35. The van der Waals surface area contributed by atoms with Crippen LogP contribution in [0.25, 0.3) is 0 Å². The molecule has 150 valence electrons. The number of hydrogen-bond acceptors (Lipinski definition) is 4. The molecule has 0 spiro atoms. The molecule has 1 fully saturated rings. The zero-order valence-corrected chi connectivity index (χ0v) is 17.6. The van der Waals surface area contributed by atoms with Crippen molar-refractivity contribution >= 4 is 12.1 Å². The second-order valence-electron chi connectivity index (χ2n) is 8.35. The summed E-state index contributed by atoms with van der Waals surface area (Å²) in [4.78, 5) is 26.4. The van der Waals surface area contributed by atoms with Crippen molar-refractivity contribution in [2.75, 3.05) is 13.2 Å². The van der Waals surface area contributed by atoms with Crippen LogP contribution in [0.5, 0.6) is 0 Å². The molecule has 5 nitrogen and oxygen atoms in total. The van der Waals surface area contributed by atoms with Crippen molar-refractivity contribution in [3.8, 4) is 0 Å². The van der Waals surface area contributed by atoms with Crippen LogP contribution in [0.2, 0.25) is 0 Å². The van der Waals surface area contributed by atoms with Crippen LogP contribution in [-0.2, 0) is 26.1 Å². The number of nitrogens with zero attached hydrogens (tertiary/aromatic N) is 1. The van der Waals surface area contributed by atoms with Gasteiger partial charge in [-0.3, -0.25) is 4.79 Å². The van der Waals surface area contributed by atoms with Crippen LogP contribution in [0, 0.1) is 13.8 Å². The van der Waals surface area contributed by atoms with Crippen molar-refractivity contribution in [3.05, 3.63) is 34.4 Å². The van der Waals surface area contributed by atoms with Gasteiger partial charge in [-0.1, -0.05) is 32.9 Å². The Kier molecular flexibility index (Phi) is 6.90. The molecule has 2 rings (SSSR count). The first kappa shape index (κ1) is 21.3. The van der Waals surface area contributed by atoms with E-state index in [0.29, 0.717) is 19.4 Å². The highest BCUT2D eigenvalue weighted by atomic mass is 16.7. The van der Waals surface area contributed by atoms with Crippen molar-refractivity contribution in [1.82, 2.24) is 4.90 Å². The van der Waals surface area contributed by atoms with Crippen LogP contribution in [0.15, 0.2) is 12.1 Å². The minimum absolute atomic E-state index is 0.00120. The summed E-state index contributed by atoms with van der Waals surface area (Å²) in [7, 11) is 0. The van der Waals surface area contributed by atoms with Gasteiger partial charge >= 0.3 is 6.16 Å². The fourth-order valence-electron chi connectivity index (χ4n) is 3.53. The number of likely N-dealkylation sites (tertiary alicyclic amines) is 1. The van der Waals surface area contributed by atoms with Crippen molar-refractivity contribution in [2.24, 2.45) is 0 Å². The molecule has 0 aromatic heterocycles. The van der Waals surface area contributed by atoms with Gasteiger partial charge in [0.25, 0.3) is 0 Å². The second-order valence-corrected chi connectivity index (χ2v) is 8.35. The molecule has 5 heteroatoms. The predicted molar refractivity (Wildman–Crippen MR) is 106 cm³/mol. The normalized spacial score (nSPS) is 17.6. The smallest absolute Gasteiger partial charge is 0.435 e. The van der Waals surface area contributed by atoms with E-state index in [1.54, 1.807) is 11.8 Å². The summed E-state index contributed by atoms with van der Waals surface area (Å²) in [5.41, 5.74) is 4.67. The maximum atomic E-state index is 13.0. The maximum absolute atomic E-state index is 13.0. The van der Waals surface area contributed by atoms with Gasteiger partial charge in [0.2, 0.25) is 5.91 Å². The van der Waals surface area contributed by atoms with Gasteiger partial charge in [0.05, 0.1) is 13.0 Å². The van der Waals surface area contributed by atoms with Crippen LogP contribution in [0.3, 0.4) is 0 Å². The first-order chi connectivity index (χ1) is 12.6. The van der Waals surface area contributed by atoms with Crippen molar-refractivity contribution in [3.63, 3.8) is 0 Å². The highest BCUT2D eigenvalue weighted by Crippen LogP contribution is 2.28. The van der Waals surface area contributed by atoms with E-state index >= 15 is 0 Å². The summed E-state index contributed by atoms with van der Waals surface area (Å²) in [6, 6.07) is 4.36. The molecular weight excluding hydrogens is 342 g/mol. The zero-order chi connectivity index (χ0) is 20.2. The van der Waals surface area contributed by atoms with E-state index in [0.717, 1.165) is 29.5 Å². The Labute approximate surface area is 163 Å². The number of aryl methyl sites for hydroxylation is 2. The first-order valence-electron chi connectivity index (χ1n) is 9.87.